The zero-order valence-electron chi connectivity index (χ0n) is 16.5. The minimum atomic E-state index is -0.375. The van der Waals surface area contributed by atoms with E-state index in [-0.39, 0.29) is 18.0 Å². The summed E-state index contributed by atoms with van der Waals surface area (Å²) >= 11 is 6.90. The van der Waals surface area contributed by atoms with Crippen molar-refractivity contribution in [2.24, 2.45) is 0 Å². The number of nitrogens with one attached hydrogen (secondary N) is 1. The first kappa shape index (κ1) is 20.6. The maximum Gasteiger partial charge on any atom is 0.280 e. The highest BCUT2D eigenvalue weighted by Gasteiger charge is 2.17. The Hall–Kier alpha value is -3.30. The largest absolute Gasteiger partial charge is 0.321 e. The number of rotatable bonds is 4. The molecule has 0 bridgehead atoms. The molecule has 2 aromatic heterocycles. The van der Waals surface area contributed by atoms with Gasteiger partial charge in [0.1, 0.15) is 6.54 Å². The zero-order chi connectivity index (χ0) is 22.2. The van der Waals surface area contributed by atoms with Crippen molar-refractivity contribution in [3.63, 3.8) is 0 Å². The topological polar surface area (TPSA) is 81.8 Å². The number of nitrogens with zero attached hydrogens (tertiary/aromatic N) is 4. The van der Waals surface area contributed by atoms with E-state index in [1.165, 1.54) is 4.68 Å². The fourth-order valence-electron chi connectivity index (χ4n) is 3.55. The van der Waals surface area contributed by atoms with E-state index in [1.807, 2.05) is 60.7 Å². The lowest BCUT2D eigenvalue weighted by atomic mass is 10.2. The van der Waals surface area contributed by atoms with E-state index in [0.29, 0.717) is 26.8 Å². The van der Waals surface area contributed by atoms with Crippen LogP contribution in [0.5, 0.6) is 0 Å². The average Bonchev–Trinajstić information content (AvgIpc) is 3.19. The van der Waals surface area contributed by atoms with Crippen LogP contribution in [0.1, 0.15) is 0 Å². The fraction of sp³-hybridized carbons (Fsp3) is 0.0435. The van der Waals surface area contributed by atoms with Crippen molar-refractivity contribution in [3.8, 4) is 11.4 Å². The molecule has 2 heterocycles. The molecule has 9 heteroatoms. The first-order valence-electron chi connectivity index (χ1n) is 9.68. The van der Waals surface area contributed by atoms with Crippen LogP contribution in [0.4, 0.5) is 0 Å². The Labute approximate surface area is 199 Å². The van der Waals surface area contributed by atoms with Crippen molar-refractivity contribution >= 4 is 59.7 Å². The molecule has 0 saturated carbocycles. The number of halogens is 2. The summed E-state index contributed by atoms with van der Waals surface area (Å²) in [5.41, 5.74) is 5.21. The summed E-state index contributed by atoms with van der Waals surface area (Å²) in [5, 5.41) is 0.374. The van der Waals surface area contributed by atoms with Crippen molar-refractivity contribution in [2.75, 3.05) is 5.43 Å². The number of aromatic nitrogens is 4. The molecule has 0 radical (unpaired) electrons. The zero-order valence-corrected chi connectivity index (χ0v) is 19.7. The van der Waals surface area contributed by atoms with E-state index >= 15 is 0 Å². The molecule has 0 aliphatic carbocycles. The molecule has 1 amide bonds. The van der Waals surface area contributed by atoms with Crippen molar-refractivity contribution in [3.05, 3.63) is 92.4 Å². The molecule has 0 unspecified atom stereocenters. The number of benzene rings is 3. The normalized spacial score (nSPS) is 11.2. The summed E-state index contributed by atoms with van der Waals surface area (Å²) in [6.07, 6.45) is 1.61. The number of para-hydroxylation sites is 2. The first-order valence-corrected chi connectivity index (χ1v) is 11.3. The van der Waals surface area contributed by atoms with Crippen LogP contribution in [0.2, 0.25) is 0 Å². The van der Waals surface area contributed by atoms with Crippen LogP contribution in [0.3, 0.4) is 0 Å². The maximum atomic E-state index is 13.4. The number of imidazole rings is 1. The summed E-state index contributed by atoms with van der Waals surface area (Å²) in [7, 11) is 0. The van der Waals surface area contributed by atoms with E-state index in [1.54, 1.807) is 17.0 Å². The molecule has 3 aromatic carbocycles. The van der Waals surface area contributed by atoms with E-state index in [9.17, 15) is 9.59 Å². The molecule has 158 valence electrons. The highest BCUT2D eigenvalue weighted by Crippen LogP contribution is 2.27. The van der Waals surface area contributed by atoms with Gasteiger partial charge in [0.15, 0.2) is 5.82 Å². The minimum Gasteiger partial charge on any atom is -0.321 e. The van der Waals surface area contributed by atoms with Gasteiger partial charge in [-0.3, -0.25) is 15.0 Å². The molecule has 0 aliphatic rings. The molecule has 7 nitrogen and oxygen atoms in total. The third kappa shape index (κ3) is 3.74. The SMILES string of the molecule is O=C(Cn1cnc2ccccc21)Nn1c(-c2ccccc2)nc2c(Br)cc(Br)cc2c1=O. The lowest BCUT2D eigenvalue weighted by Crippen LogP contribution is -2.36. The fourth-order valence-corrected chi connectivity index (χ4v) is 4.86. The van der Waals surface area contributed by atoms with E-state index < -0.39 is 0 Å². The first-order chi connectivity index (χ1) is 15.5. The van der Waals surface area contributed by atoms with Crippen molar-refractivity contribution in [1.82, 2.24) is 19.2 Å². The summed E-state index contributed by atoms with van der Waals surface area (Å²) in [6.45, 7) is 0.00139. The van der Waals surface area contributed by atoms with Crippen molar-refractivity contribution < 1.29 is 4.79 Å². The molecule has 32 heavy (non-hydrogen) atoms. The van der Waals surface area contributed by atoms with Crippen LogP contribution in [0, 0.1) is 0 Å². The third-order valence-corrected chi connectivity index (χ3v) is 6.06. The number of fused-ring (bicyclic) bond motifs is 2. The van der Waals surface area contributed by atoms with Crippen LogP contribution >= 0.6 is 31.9 Å². The van der Waals surface area contributed by atoms with Gasteiger partial charge >= 0.3 is 0 Å². The summed E-state index contributed by atoms with van der Waals surface area (Å²) in [4.78, 5) is 35.4. The maximum absolute atomic E-state index is 13.4. The molecule has 0 fully saturated rings. The highest BCUT2D eigenvalue weighted by atomic mass is 79.9. The van der Waals surface area contributed by atoms with Crippen LogP contribution in [-0.4, -0.2) is 25.1 Å². The van der Waals surface area contributed by atoms with Gasteiger partial charge in [-0.2, -0.15) is 4.68 Å². The van der Waals surface area contributed by atoms with Gasteiger partial charge in [0, 0.05) is 14.5 Å². The molecule has 0 saturated heterocycles. The molecule has 5 aromatic rings. The summed E-state index contributed by atoms with van der Waals surface area (Å²) < 4.78 is 4.35. The van der Waals surface area contributed by atoms with Gasteiger partial charge in [-0.25, -0.2) is 9.97 Å². The predicted molar refractivity (Wildman–Crippen MR) is 131 cm³/mol. The molecule has 0 atom stereocenters. The number of carbonyl (C=O) groups is 1. The molecule has 0 aliphatic heterocycles. The third-order valence-electron chi connectivity index (χ3n) is 5.00. The van der Waals surface area contributed by atoms with Gasteiger partial charge in [-0.1, -0.05) is 58.4 Å². The van der Waals surface area contributed by atoms with Gasteiger partial charge in [0.2, 0.25) is 0 Å². The van der Waals surface area contributed by atoms with Crippen molar-refractivity contribution in [2.45, 2.75) is 6.54 Å². The second kappa shape index (κ2) is 8.33. The van der Waals surface area contributed by atoms with E-state index in [4.69, 9.17) is 4.98 Å². The molecular formula is C23H15Br2N5O2. The second-order valence-corrected chi connectivity index (χ2v) is 8.89. The quantitative estimate of drug-likeness (QED) is 0.350. The van der Waals surface area contributed by atoms with Crippen LogP contribution in [0.15, 0.2) is 86.8 Å². The molecule has 1 N–H and O–H groups in total. The lowest BCUT2D eigenvalue weighted by Gasteiger charge is -2.15. The summed E-state index contributed by atoms with van der Waals surface area (Å²) in [5.74, 6) is -0.0300. The van der Waals surface area contributed by atoms with Gasteiger partial charge in [0.25, 0.3) is 11.5 Å². The molecule has 0 spiro atoms. The smallest absolute Gasteiger partial charge is 0.280 e. The average molecular weight is 553 g/mol. The number of hydrogen-bond donors (Lipinski definition) is 1. The van der Waals surface area contributed by atoms with Gasteiger partial charge in [0.05, 0.1) is 28.3 Å². The number of carbonyl (C=O) groups excluding carboxylic acids is 1. The Morgan fingerprint density at radius 1 is 1.00 bits per heavy atom. The molecule has 5 rings (SSSR count). The number of hydrogen-bond acceptors (Lipinski definition) is 4. The molecular weight excluding hydrogens is 538 g/mol. The predicted octanol–water partition coefficient (Wildman–Crippen LogP) is 4.71. The number of amides is 1. The van der Waals surface area contributed by atoms with Crippen LogP contribution < -0.4 is 11.0 Å². The van der Waals surface area contributed by atoms with Gasteiger partial charge in [-0.15, -0.1) is 0 Å². The van der Waals surface area contributed by atoms with Crippen LogP contribution in [0.25, 0.3) is 33.3 Å². The van der Waals surface area contributed by atoms with Gasteiger partial charge < -0.3 is 4.57 Å². The lowest BCUT2D eigenvalue weighted by molar-refractivity contribution is -0.117. The van der Waals surface area contributed by atoms with Crippen molar-refractivity contribution in [1.29, 1.82) is 0 Å². The Kier molecular flexibility index (Phi) is 5.36. The summed E-state index contributed by atoms with van der Waals surface area (Å²) in [6, 6.07) is 20.3. The Morgan fingerprint density at radius 3 is 2.56 bits per heavy atom. The standard InChI is InChI=1S/C23H15Br2N5O2/c24-15-10-16-21(17(25)11-15)27-22(14-6-2-1-3-7-14)30(23(16)32)28-20(31)12-29-13-26-18-8-4-5-9-19(18)29/h1-11,13H,12H2,(H,28,31). The van der Waals surface area contributed by atoms with E-state index in [0.717, 1.165) is 15.5 Å². The monoisotopic (exact) mass is 551 g/mol. The second-order valence-electron chi connectivity index (χ2n) is 7.12. The Balaban J connectivity index is 1.61. The highest BCUT2D eigenvalue weighted by molar-refractivity contribution is 9.11. The Morgan fingerprint density at radius 2 is 1.75 bits per heavy atom. The minimum absolute atomic E-state index is 0.00139. The Bertz CT molecular complexity index is 1540. The van der Waals surface area contributed by atoms with Crippen LogP contribution in [-0.2, 0) is 11.3 Å². The van der Waals surface area contributed by atoms with E-state index in [2.05, 4.69) is 42.3 Å². The van der Waals surface area contributed by atoms with Gasteiger partial charge in [-0.05, 0) is 40.2 Å².